The third kappa shape index (κ3) is 4.57. The lowest BCUT2D eigenvalue weighted by Gasteiger charge is -2.41. The molecule has 2 amide bonds. The molecule has 2 aromatic carbocycles. The van der Waals surface area contributed by atoms with Gasteiger partial charge in [-0.1, -0.05) is 37.3 Å². The number of nitrogens with one attached hydrogen (secondary N) is 1. The molecule has 5 rings (SSSR count). The molecule has 2 aliphatic heterocycles. The van der Waals surface area contributed by atoms with Gasteiger partial charge in [-0.05, 0) is 43.0 Å². The van der Waals surface area contributed by atoms with Gasteiger partial charge in [-0.25, -0.2) is 0 Å². The lowest BCUT2D eigenvalue weighted by atomic mass is 9.78. The van der Waals surface area contributed by atoms with Gasteiger partial charge in [-0.3, -0.25) is 14.7 Å². The first-order valence-corrected chi connectivity index (χ1v) is 12.2. The van der Waals surface area contributed by atoms with Gasteiger partial charge in [0.25, 0.3) is 5.91 Å². The minimum atomic E-state index is -0.451. The van der Waals surface area contributed by atoms with E-state index in [-0.39, 0.29) is 17.7 Å². The van der Waals surface area contributed by atoms with Crippen LogP contribution in [0.25, 0.3) is 10.9 Å². The van der Waals surface area contributed by atoms with Crippen LogP contribution in [0.2, 0.25) is 0 Å². The van der Waals surface area contributed by atoms with E-state index >= 15 is 0 Å². The Labute approximate surface area is 200 Å². The molecule has 3 heterocycles. The molecule has 2 saturated heterocycles. The Hall–Kier alpha value is -3.19. The van der Waals surface area contributed by atoms with Crippen molar-refractivity contribution in [2.45, 2.75) is 26.2 Å². The van der Waals surface area contributed by atoms with Crippen LogP contribution in [0.15, 0.2) is 54.7 Å². The predicted molar refractivity (Wildman–Crippen MR) is 130 cm³/mol. The standard InChI is InChI=1S/C27H32N4O3/c1-27(10-12-30(13-11-27)25(32)21-6-3-2-4-7-21)26(33)31-14-15-34-19-20(18-31)16-22-8-5-9-24-23(22)17-28-29-24/h2-9,17,20H,10-16,18-19H2,1H3,(H,28,29). The first kappa shape index (κ1) is 22.6. The van der Waals surface area contributed by atoms with Gasteiger partial charge in [-0.15, -0.1) is 0 Å². The molecular formula is C27H32N4O3. The van der Waals surface area contributed by atoms with Crippen LogP contribution in [0.5, 0.6) is 0 Å². The van der Waals surface area contributed by atoms with Crippen LogP contribution in [-0.2, 0) is 16.0 Å². The van der Waals surface area contributed by atoms with E-state index < -0.39 is 5.41 Å². The SMILES string of the molecule is CC1(C(=O)N2CCOCC(Cc3cccc4[nH]ncc34)C2)CCN(C(=O)c2ccccc2)CC1. The van der Waals surface area contributed by atoms with Crippen molar-refractivity contribution in [2.24, 2.45) is 11.3 Å². The summed E-state index contributed by atoms with van der Waals surface area (Å²) in [5, 5.41) is 8.34. The largest absolute Gasteiger partial charge is 0.379 e. The summed E-state index contributed by atoms with van der Waals surface area (Å²) in [5.41, 5.74) is 2.52. The molecule has 0 saturated carbocycles. The summed E-state index contributed by atoms with van der Waals surface area (Å²) in [7, 11) is 0. The molecule has 0 spiro atoms. The molecule has 1 aromatic heterocycles. The third-order valence-corrected chi connectivity index (χ3v) is 7.40. The molecule has 7 heteroatoms. The highest BCUT2D eigenvalue weighted by Crippen LogP contribution is 2.34. The maximum absolute atomic E-state index is 13.7. The first-order chi connectivity index (χ1) is 16.5. The number of carbonyl (C=O) groups is 2. The van der Waals surface area contributed by atoms with Crippen LogP contribution in [-0.4, -0.2) is 71.2 Å². The zero-order chi connectivity index (χ0) is 23.5. The van der Waals surface area contributed by atoms with Crippen molar-refractivity contribution in [3.63, 3.8) is 0 Å². The van der Waals surface area contributed by atoms with Crippen LogP contribution >= 0.6 is 0 Å². The fourth-order valence-corrected chi connectivity index (χ4v) is 5.27. The lowest BCUT2D eigenvalue weighted by molar-refractivity contribution is -0.144. The number of ether oxygens (including phenoxy) is 1. The highest BCUT2D eigenvalue weighted by Gasteiger charge is 2.41. The van der Waals surface area contributed by atoms with Crippen LogP contribution in [0.3, 0.4) is 0 Å². The average Bonchev–Trinajstić information content (AvgIpc) is 3.24. The van der Waals surface area contributed by atoms with Gasteiger partial charge in [0.05, 0.1) is 24.9 Å². The second kappa shape index (κ2) is 9.58. The fraction of sp³-hybridized carbons (Fsp3) is 0.444. The van der Waals surface area contributed by atoms with E-state index in [9.17, 15) is 9.59 Å². The second-order valence-electron chi connectivity index (χ2n) is 9.86. The number of aromatic nitrogens is 2. The van der Waals surface area contributed by atoms with E-state index in [4.69, 9.17) is 4.74 Å². The van der Waals surface area contributed by atoms with Crippen molar-refractivity contribution in [1.29, 1.82) is 0 Å². The maximum atomic E-state index is 13.7. The number of nitrogens with zero attached hydrogens (tertiary/aromatic N) is 3. The van der Waals surface area contributed by atoms with Crippen molar-refractivity contribution >= 4 is 22.7 Å². The highest BCUT2D eigenvalue weighted by molar-refractivity contribution is 5.94. The molecule has 3 aromatic rings. The Morgan fingerprint density at radius 1 is 1.06 bits per heavy atom. The third-order valence-electron chi connectivity index (χ3n) is 7.40. The number of benzene rings is 2. The van der Waals surface area contributed by atoms with Crippen molar-refractivity contribution in [3.05, 3.63) is 65.9 Å². The Balaban J connectivity index is 1.23. The molecule has 2 aliphatic rings. The molecule has 1 N–H and O–H groups in total. The molecule has 1 atom stereocenters. The number of aromatic amines is 1. The Bertz CT molecular complexity index is 1150. The molecule has 34 heavy (non-hydrogen) atoms. The summed E-state index contributed by atoms with van der Waals surface area (Å²) in [5.74, 6) is 0.471. The number of rotatable bonds is 4. The fourth-order valence-electron chi connectivity index (χ4n) is 5.27. The average molecular weight is 461 g/mol. The molecule has 178 valence electrons. The Morgan fingerprint density at radius 3 is 2.65 bits per heavy atom. The quantitative estimate of drug-likeness (QED) is 0.646. The minimum absolute atomic E-state index is 0.0479. The molecular weight excluding hydrogens is 428 g/mol. The number of piperidine rings is 1. The van der Waals surface area contributed by atoms with E-state index in [0.29, 0.717) is 57.8 Å². The van der Waals surface area contributed by atoms with Crippen LogP contribution < -0.4 is 0 Å². The molecule has 0 bridgehead atoms. The zero-order valence-electron chi connectivity index (χ0n) is 19.7. The summed E-state index contributed by atoms with van der Waals surface area (Å²) < 4.78 is 5.90. The van der Waals surface area contributed by atoms with Crippen LogP contribution in [0, 0.1) is 11.3 Å². The van der Waals surface area contributed by atoms with Crippen molar-refractivity contribution < 1.29 is 14.3 Å². The van der Waals surface area contributed by atoms with Crippen LogP contribution in [0.1, 0.15) is 35.7 Å². The number of amides is 2. The Morgan fingerprint density at radius 2 is 1.85 bits per heavy atom. The van der Waals surface area contributed by atoms with Gasteiger partial charge in [-0.2, -0.15) is 5.10 Å². The number of carbonyl (C=O) groups excluding carboxylic acids is 2. The molecule has 0 radical (unpaired) electrons. The number of hydrogen-bond donors (Lipinski definition) is 1. The van der Waals surface area contributed by atoms with Gasteiger partial charge < -0.3 is 14.5 Å². The number of likely N-dealkylation sites (tertiary alicyclic amines) is 1. The topological polar surface area (TPSA) is 78.5 Å². The van der Waals surface area contributed by atoms with E-state index in [2.05, 4.69) is 23.2 Å². The van der Waals surface area contributed by atoms with E-state index in [0.717, 1.165) is 17.3 Å². The summed E-state index contributed by atoms with van der Waals surface area (Å²) in [6.45, 7) is 5.79. The molecule has 7 nitrogen and oxygen atoms in total. The lowest BCUT2D eigenvalue weighted by Crippen LogP contribution is -2.51. The van der Waals surface area contributed by atoms with Crippen LogP contribution in [0.4, 0.5) is 0 Å². The van der Waals surface area contributed by atoms with E-state index in [1.54, 1.807) is 0 Å². The van der Waals surface area contributed by atoms with Crippen molar-refractivity contribution in [3.8, 4) is 0 Å². The second-order valence-corrected chi connectivity index (χ2v) is 9.86. The molecule has 2 fully saturated rings. The maximum Gasteiger partial charge on any atom is 0.253 e. The van der Waals surface area contributed by atoms with E-state index in [1.165, 1.54) is 5.56 Å². The summed E-state index contributed by atoms with van der Waals surface area (Å²) >= 11 is 0. The van der Waals surface area contributed by atoms with Crippen molar-refractivity contribution in [1.82, 2.24) is 20.0 Å². The number of hydrogen-bond acceptors (Lipinski definition) is 4. The molecule has 0 aliphatic carbocycles. The highest BCUT2D eigenvalue weighted by atomic mass is 16.5. The molecule has 1 unspecified atom stereocenters. The predicted octanol–water partition coefficient (Wildman–Crippen LogP) is 3.52. The Kier molecular flexibility index (Phi) is 6.37. The number of fused-ring (bicyclic) bond motifs is 1. The monoisotopic (exact) mass is 460 g/mol. The zero-order valence-corrected chi connectivity index (χ0v) is 19.7. The van der Waals surface area contributed by atoms with Gasteiger partial charge in [0.1, 0.15) is 0 Å². The van der Waals surface area contributed by atoms with E-state index in [1.807, 2.05) is 58.5 Å². The van der Waals surface area contributed by atoms with Gasteiger partial charge >= 0.3 is 0 Å². The summed E-state index contributed by atoms with van der Waals surface area (Å²) in [4.78, 5) is 30.4. The normalized spacial score (nSPS) is 20.8. The van der Waals surface area contributed by atoms with Gasteiger partial charge in [0.2, 0.25) is 5.91 Å². The summed E-state index contributed by atoms with van der Waals surface area (Å²) in [6, 6.07) is 15.6. The number of H-pyrrole nitrogens is 1. The van der Waals surface area contributed by atoms with Gasteiger partial charge in [0, 0.05) is 48.5 Å². The first-order valence-electron chi connectivity index (χ1n) is 12.2. The van der Waals surface area contributed by atoms with Crippen molar-refractivity contribution in [2.75, 3.05) is 39.4 Å². The smallest absolute Gasteiger partial charge is 0.253 e. The van der Waals surface area contributed by atoms with Gasteiger partial charge in [0.15, 0.2) is 0 Å². The minimum Gasteiger partial charge on any atom is -0.379 e. The summed E-state index contributed by atoms with van der Waals surface area (Å²) in [6.07, 6.45) is 4.08.